The first-order valence-corrected chi connectivity index (χ1v) is 5.53. The van der Waals surface area contributed by atoms with Crippen molar-refractivity contribution in [3.8, 4) is 5.75 Å². The second-order valence-electron chi connectivity index (χ2n) is 4.23. The first-order valence-electron chi connectivity index (χ1n) is 5.53. The molecule has 1 heterocycles. The number of β-amino-alcohol motifs (C(OH)–C–C–N with tert-alkyl or cyclic N) is 1. The van der Waals surface area contributed by atoms with E-state index in [1.54, 1.807) is 7.11 Å². The fourth-order valence-electron chi connectivity index (χ4n) is 1.86. The van der Waals surface area contributed by atoms with Crippen LogP contribution < -0.4 is 15.4 Å². The van der Waals surface area contributed by atoms with Gasteiger partial charge in [0.15, 0.2) is 0 Å². The van der Waals surface area contributed by atoms with E-state index < -0.39 is 5.60 Å². The zero-order chi connectivity index (χ0) is 11.4. The first kappa shape index (κ1) is 11.2. The number of rotatable bonds is 4. The molecule has 0 aromatic heterocycles. The predicted octanol–water partition coefficient (Wildman–Crippen LogP) is 0.831. The summed E-state index contributed by atoms with van der Waals surface area (Å²) >= 11 is 0. The lowest BCUT2D eigenvalue weighted by molar-refractivity contribution is 0.0752. The third-order valence-corrected chi connectivity index (χ3v) is 2.93. The van der Waals surface area contributed by atoms with E-state index in [4.69, 9.17) is 4.74 Å². The highest BCUT2D eigenvalue weighted by molar-refractivity contribution is 5.46. The number of hydrogen-bond acceptors (Lipinski definition) is 4. The Balaban J connectivity index is 1.89. The van der Waals surface area contributed by atoms with Crippen LogP contribution >= 0.6 is 0 Å². The highest BCUT2D eigenvalue weighted by Crippen LogP contribution is 2.18. The van der Waals surface area contributed by atoms with Gasteiger partial charge in [0.1, 0.15) is 5.75 Å². The van der Waals surface area contributed by atoms with Crippen molar-refractivity contribution in [1.82, 2.24) is 5.32 Å². The molecule has 0 radical (unpaired) electrons. The van der Waals surface area contributed by atoms with Crippen LogP contribution in [0.1, 0.15) is 6.42 Å². The van der Waals surface area contributed by atoms with Gasteiger partial charge in [0, 0.05) is 18.8 Å². The largest absolute Gasteiger partial charge is 0.497 e. The zero-order valence-electron chi connectivity index (χ0n) is 9.49. The third-order valence-electron chi connectivity index (χ3n) is 2.93. The Kier molecular flexibility index (Phi) is 3.31. The summed E-state index contributed by atoms with van der Waals surface area (Å²) in [5, 5.41) is 16.5. The topological polar surface area (TPSA) is 53.5 Å². The molecule has 1 saturated heterocycles. The lowest BCUT2D eigenvalue weighted by Crippen LogP contribution is -2.38. The molecule has 0 saturated carbocycles. The molecule has 1 aromatic rings. The molecule has 0 bridgehead atoms. The van der Waals surface area contributed by atoms with Gasteiger partial charge in [0.25, 0.3) is 0 Å². The molecule has 3 N–H and O–H groups in total. The van der Waals surface area contributed by atoms with E-state index in [9.17, 15) is 5.11 Å². The molecule has 1 aromatic carbocycles. The highest BCUT2D eigenvalue weighted by atomic mass is 16.5. The van der Waals surface area contributed by atoms with Crippen LogP contribution in [0.3, 0.4) is 0 Å². The summed E-state index contributed by atoms with van der Waals surface area (Å²) in [6.45, 7) is 2.13. The van der Waals surface area contributed by atoms with Gasteiger partial charge in [0.2, 0.25) is 0 Å². The predicted molar refractivity (Wildman–Crippen MR) is 63.9 cm³/mol. The summed E-state index contributed by atoms with van der Waals surface area (Å²) in [4.78, 5) is 0. The molecule has 88 valence electrons. The zero-order valence-corrected chi connectivity index (χ0v) is 9.49. The quantitative estimate of drug-likeness (QED) is 0.706. The maximum absolute atomic E-state index is 10.1. The second kappa shape index (κ2) is 4.72. The van der Waals surface area contributed by atoms with Crippen LogP contribution in [0, 0.1) is 0 Å². The molecule has 16 heavy (non-hydrogen) atoms. The summed E-state index contributed by atoms with van der Waals surface area (Å²) in [7, 11) is 1.65. The number of benzene rings is 1. The maximum Gasteiger partial charge on any atom is 0.119 e. The highest BCUT2D eigenvalue weighted by Gasteiger charge is 2.30. The average Bonchev–Trinajstić information content (AvgIpc) is 2.75. The molecule has 4 heteroatoms. The van der Waals surface area contributed by atoms with E-state index in [0.717, 1.165) is 24.4 Å². The Labute approximate surface area is 95.6 Å². The van der Waals surface area contributed by atoms with Crippen molar-refractivity contribution in [3.05, 3.63) is 24.3 Å². The Hall–Kier alpha value is -1.26. The summed E-state index contributed by atoms with van der Waals surface area (Å²) in [5.74, 6) is 0.840. The molecule has 1 aliphatic rings. The monoisotopic (exact) mass is 222 g/mol. The number of ether oxygens (including phenoxy) is 1. The molecule has 2 rings (SSSR count). The van der Waals surface area contributed by atoms with E-state index in [0.29, 0.717) is 13.1 Å². The molecule has 4 nitrogen and oxygen atoms in total. The van der Waals surface area contributed by atoms with Gasteiger partial charge in [-0.25, -0.2) is 0 Å². The summed E-state index contributed by atoms with van der Waals surface area (Å²) in [6.07, 6.45) is 0.802. The van der Waals surface area contributed by atoms with Crippen LogP contribution in [0.15, 0.2) is 24.3 Å². The van der Waals surface area contributed by atoms with Gasteiger partial charge in [-0.15, -0.1) is 0 Å². The van der Waals surface area contributed by atoms with Gasteiger partial charge in [0.05, 0.1) is 12.7 Å². The van der Waals surface area contributed by atoms with Gasteiger partial charge in [-0.05, 0) is 37.2 Å². The molecule has 0 amide bonds. The Bertz CT molecular complexity index is 331. The Morgan fingerprint density at radius 3 is 2.75 bits per heavy atom. The summed E-state index contributed by atoms with van der Waals surface area (Å²) < 4.78 is 5.08. The minimum atomic E-state index is -0.611. The molecule has 1 unspecified atom stereocenters. The molecular formula is C12H18N2O2. The molecule has 1 fully saturated rings. The van der Waals surface area contributed by atoms with E-state index in [1.807, 2.05) is 24.3 Å². The van der Waals surface area contributed by atoms with Crippen LogP contribution in [0.4, 0.5) is 5.69 Å². The smallest absolute Gasteiger partial charge is 0.119 e. The van der Waals surface area contributed by atoms with Crippen molar-refractivity contribution in [2.45, 2.75) is 12.0 Å². The van der Waals surface area contributed by atoms with Gasteiger partial charge < -0.3 is 20.5 Å². The SMILES string of the molecule is COc1ccc(NCC2(O)CCNC2)cc1. The minimum Gasteiger partial charge on any atom is -0.497 e. The van der Waals surface area contributed by atoms with E-state index in [2.05, 4.69) is 10.6 Å². The number of anilines is 1. The van der Waals surface area contributed by atoms with Crippen molar-refractivity contribution >= 4 is 5.69 Å². The van der Waals surface area contributed by atoms with E-state index in [1.165, 1.54) is 0 Å². The Morgan fingerprint density at radius 2 is 2.19 bits per heavy atom. The first-order chi connectivity index (χ1) is 7.72. The number of nitrogens with one attached hydrogen (secondary N) is 2. The van der Waals surface area contributed by atoms with E-state index in [-0.39, 0.29) is 0 Å². The number of hydrogen-bond donors (Lipinski definition) is 3. The van der Waals surface area contributed by atoms with Crippen LogP contribution in [0.5, 0.6) is 5.75 Å². The van der Waals surface area contributed by atoms with Gasteiger partial charge in [-0.2, -0.15) is 0 Å². The average molecular weight is 222 g/mol. The van der Waals surface area contributed by atoms with Gasteiger partial charge >= 0.3 is 0 Å². The molecule has 1 atom stereocenters. The van der Waals surface area contributed by atoms with Crippen LogP contribution in [0.2, 0.25) is 0 Å². The van der Waals surface area contributed by atoms with Gasteiger partial charge in [-0.3, -0.25) is 0 Å². The normalized spacial score (nSPS) is 24.4. The van der Waals surface area contributed by atoms with Crippen molar-refractivity contribution in [1.29, 1.82) is 0 Å². The standard InChI is InChI=1S/C12H18N2O2/c1-16-11-4-2-10(3-5-11)14-9-12(15)6-7-13-8-12/h2-5,13-15H,6-9H2,1H3. The summed E-state index contributed by atoms with van der Waals surface area (Å²) in [5.41, 5.74) is 0.390. The lowest BCUT2D eigenvalue weighted by atomic mass is 10.0. The Morgan fingerprint density at radius 1 is 1.44 bits per heavy atom. The lowest BCUT2D eigenvalue weighted by Gasteiger charge is -2.22. The third kappa shape index (κ3) is 2.65. The maximum atomic E-state index is 10.1. The van der Waals surface area contributed by atoms with E-state index >= 15 is 0 Å². The molecule has 0 spiro atoms. The van der Waals surface area contributed by atoms with Crippen molar-refractivity contribution in [3.63, 3.8) is 0 Å². The molecular weight excluding hydrogens is 204 g/mol. The van der Waals surface area contributed by atoms with Crippen molar-refractivity contribution < 1.29 is 9.84 Å². The minimum absolute atomic E-state index is 0.576. The molecule has 0 aliphatic carbocycles. The molecule has 1 aliphatic heterocycles. The number of aliphatic hydroxyl groups is 1. The second-order valence-corrected chi connectivity index (χ2v) is 4.23. The van der Waals surface area contributed by atoms with Crippen molar-refractivity contribution in [2.75, 3.05) is 32.1 Å². The van der Waals surface area contributed by atoms with Crippen LogP contribution in [-0.4, -0.2) is 37.5 Å². The number of methoxy groups -OCH3 is 1. The van der Waals surface area contributed by atoms with Crippen LogP contribution in [-0.2, 0) is 0 Å². The fraction of sp³-hybridized carbons (Fsp3) is 0.500. The van der Waals surface area contributed by atoms with Crippen molar-refractivity contribution in [2.24, 2.45) is 0 Å². The fourth-order valence-corrected chi connectivity index (χ4v) is 1.86. The van der Waals surface area contributed by atoms with Gasteiger partial charge in [-0.1, -0.05) is 0 Å². The van der Waals surface area contributed by atoms with Crippen LogP contribution in [0.25, 0.3) is 0 Å². The summed E-state index contributed by atoms with van der Waals surface area (Å²) in [6, 6.07) is 7.70.